The molecule has 0 fully saturated rings. The standard InChI is InChI=1S/C10H16S.BH3O2.Na.H/c1-2-3-4-5-6-10-7-8-11-9-10;2-1-3;;/h7-9H,2-6H2,1H3;1-3H;;. The monoisotopic (exact) mass is 238 g/mol. The molecule has 0 radical (unpaired) electrons. The van der Waals surface area contributed by atoms with E-state index in [1.54, 1.807) is 11.3 Å². The maximum atomic E-state index is 7.12. The molecule has 1 aromatic heterocycles. The molecule has 0 bridgehead atoms. The van der Waals surface area contributed by atoms with Crippen LogP contribution in [0.2, 0.25) is 0 Å². The Kier molecular flexibility index (Phi) is 17.7. The molecule has 0 aliphatic rings. The fourth-order valence-corrected chi connectivity index (χ4v) is 1.89. The summed E-state index contributed by atoms with van der Waals surface area (Å²) in [5.74, 6) is 0. The predicted octanol–water partition coefficient (Wildman–Crippen LogP) is 1.46. The first-order chi connectivity index (χ1) is 6.85. The van der Waals surface area contributed by atoms with E-state index in [0.29, 0.717) is 0 Å². The molecule has 0 spiro atoms. The van der Waals surface area contributed by atoms with Crippen molar-refractivity contribution in [3.05, 3.63) is 22.4 Å². The van der Waals surface area contributed by atoms with Crippen LogP contribution in [0.25, 0.3) is 0 Å². The van der Waals surface area contributed by atoms with Crippen LogP contribution in [-0.2, 0) is 6.42 Å². The number of hydrogen-bond donors (Lipinski definition) is 2. The third kappa shape index (κ3) is 12.6. The zero-order valence-corrected chi connectivity index (χ0v) is 9.59. The van der Waals surface area contributed by atoms with Gasteiger partial charge in [-0.15, -0.1) is 0 Å². The van der Waals surface area contributed by atoms with Crippen LogP contribution in [0.4, 0.5) is 0 Å². The minimum atomic E-state index is -0.750. The van der Waals surface area contributed by atoms with Crippen LogP contribution >= 0.6 is 11.3 Å². The van der Waals surface area contributed by atoms with Crippen LogP contribution in [-0.4, -0.2) is 47.3 Å². The second-order valence-electron chi connectivity index (χ2n) is 3.08. The Morgan fingerprint density at radius 2 is 1.93 bits per heavy atom. The fourth-order valence-electron chi connectivity index (χ4n) is 1.19. The molecule has 1 rings (SSSR count). The van der Waals surface area contributed by atoms with Crippen molar-refractivity contribution < 1.29 is 10.0 Å². The van der Waals surface area contributed by atoms with Gasteiger partial charge < -0.3 is 10.0 Å². The van der Waals surface area contributed by atoms with E-state index < -0.39 is 7.69 Å². The Hall–Kier alpha value is 0.685. The first-order valence-electron chi connectivity index (χ1n) is 5.08. The fraction of sp³-hybridized carbons (Fsp3) is 0.600. The summed E-state index contributed by atoms with van der Waals surface area (Å²) in [5.41, 5.74) is 1.52. The van der Waals surface area contributed by atoms with Crippen molar-refractivity contribution in [1.29, 1.82) is 0 Å². The summed E-state index contributed by atoms with van der Waals surface area (Å²) < 4.78 is 0. The van der Waals surface area contributed by atoms with Crippen molar-refractivity contribution in [3.63, 3.8) is 0 Å². The first kappa shape index (κ1) is 18.1. The van der Waals surface area contributed by atoms with E-state index in [4.69, 9.17) is 10.0 Å². The number of thiophene rings is 1. The molecule has 5 heteroatoms. The maximum absolute atomic E-state index is 7.12. The van der Waals surface area contributed by atoms with Crippen molar-refractivity contribution in [3.8, 4) is 0 Å². The summed E-state index contributed by atoms with van der Waals surface area (Å²) in [5, 5.41) is 18.7. The van der Waals surface area contributed by atoms with Gasteiger partial charge in [-0.3, -0.25) is 0 Å². The molecule has 2 nitrogen and oxygen atoms in total. The normalized spacial score (nSPS) is 8.47. The Bertz CT molecular complexity index is 195. The van der Waals surface area contributed by atoms with Crippen molar-refractivity contribution in [2.45, 2.75) is 39.0 Å². The zero-order chi connectivity index (χ0) is 10.6. The van der Waals surface area contributed by atoms with Crippen LogP contribution in [0.1, 0.15) is 38.2 Å². The Labute approximate surface area is 119 Å². The van der Waals surface area contributed by atoms with Gasteiger partial charge in [-0.2, -0.15) is 11.3 Å². The van der Waals surface area contributed by atoms with Gasteiger partial charge in [-0.25, -0.2) is 0 Å². The van der Waals surface area contributed by atoms with E-state index in [-0.39, 0.29) is 29.6 Å². The van der Waals surface area contributed by atoms with Gasteiger partial charge in [-0.05, 0) is 35.2 Å². The average Bonchev–Trinajstić information content (AvgIpc) is 2.66. The van der Waals surface area contributed by atoms with Gasteiger partial charge in [0.25, 0.3) is 0 Å². The molecule has 1 aromatic rings. The Morgan fingerprint density at radius 3 is 2.40 bits per heavy atom. The van der Waals surface area contributed by atoms with Crippen molar-refractivity contribution >= 4 is 48.6 Å². The Balaban J connectivity index is 0. The van der Waals surface area contributed by atoms with Gasteiger partial charge >= 0.3 is 37.2 Å². The minimum absolute atomic E-state index is 0. The van der Waals surface area contributed by atoms with Gasteiger partial charge in [0.1, 0.15) is 0 Å². The molecule has 0 saturated heterocycles. The van der Waals surface area contributed by atoms with E-state index in [1.807, 2.05) is 0 Å². The summed E-state index contributed by atoms with van der Waals surface area (Å²) >= 11 is 1.80. The average molecular weight is 238 g/mol. The predicted molar refractivity (Wildman–Crippen MR) is 70.9 cm³/mol. The summed E-state index contributed by atoms with van der Waals surface area (Å²) in [7, 11) is -0.750. The third-order valence-corrected chi connectivity index (χ3v) is 2.63. The Morgan fingerprint density at radius 1 is 1.27 bits per heavy atom. The molecule has 1 heterocycles. The van der Waals surface area contributed by atoms with Gasteiger partial charge in [0.05, 0.1) is 0 Å². The van der Waals surface area contributed by atoms with Gasteiger partial charge in [-0.1, -0.05) is 26.2 Å². The molecule has 0 unspecified atom stereocenters. The molecular weight excluding hydrogens is 218 g/mol. The SMILES string of the molecule is CCCCCCc1ccsc1.OBO.[NaH]. The molecule has 0 atom stereocenters. The van der Waals surface area contributed by atoms with Gasteiger partial charge in [0, 0.05) is 0 Å². The van der Waals surface area contributed by atoms with E-state index in [2.05, 4.69) is 23.8 Å². The second kappa shape index (κ2) is 14.7. The number of hydrogen-bond acceptors (Lipinski definition) is 3. The molecule has 15 heavy (non-hydrogen) atoms. The van der Waals surface area contributed by atoms with E-state index in [1.165, 1.54) is 37.7 Å². The zero-order valence-electron chi connectivity index (χ0n) is 8.78. The van der Waals surface area contributed by atoms with Crippen LogP contribution in [0.3, 0.4) is 0 Å². The quantitative estimate of drug-likeness (QED) is 0.602. The second-order valence-corrected chi connectivity index (χ2v) is 3.86. The molecule has 2 N–H and O–H groups in total. The van der Waals surface area contributed by atoms with Gasteiger partial charge in [0.2, 0.25) is 0 Å². The topological polar surface area (TPSA) is 40.5 Å². The number of unbranched alkanes of at least 4 members (excludes halogenated alkanes) is 3. The first-order valence-corrected chi connectivity index (χ1v) is 6.02. The van der Waals surface area contributed by atoms with Crippen LogP contribution in [0.5, 0.6) is 0 Å². The molecule has 0 amide bonds. The molecule has 0 aliphatic carbocycles. The molecule has 0 aliphatic heterocycles. The van der Waals surface area contributed by atoms with Crippen LogP contribution in [0.15, 0.2) is 16.8 Å². The van der Waals surface area contributed by atoms with Crippen molar-refractivity contribution in [1.82, 2.24) is 0 Å². The van der Waals surface area contributed by atoms with Crippen molar-refractivity contribution in [2.24, 2.45) is 0 Å². The van der Waals surface area contributed by atoms with E-state index in [9.17, 15) is 0 Å². The van der Waals surface area contributed by atoms with Gasteiger partial charge in [0.15, 0.2) is 0 Å². The number of rotatable bonds is 5. The summed E-state index contributed by atoms with van der Waals surface area (Å²) in [6, 6.07) is 2.23. The molecule has 82 valence electrons. The number of aryl methyl sites for hydroxylation is 1. The van der Waals surface area contributed by atoms with E-state index >= 15 is 0 Å². The summed E-state index contributed by atoms with van der Waals surface area (Å²) in [6.45, 7) is 2.25. The van der Waals surface area contributed by atoms with E-state index in [0.717, 1.165) is 0 Å². The molecular formula is C10H20BNaO2S. The van der Waals surface area contributed by atoms with Crippen molar-refractivity contribution in [2.75, 3.05) is 0 Å². The summed E-state index contributed by atoms with van der Waals surface area (Å²) in [4.78, 5) is 0. The molecule has 0 saturated carbocycles. The summed E-state index contributed by atoms with van der Waals surface area (Å²) in [6.07, 6.45) is 6.77. The van der Waals surface area contributed by atoms with Crippen LogP contribution < -0.4 is 0 Å². The molecule has 0 aromatic carbocycles. The van der Waals surface area contributed by atoms with Crippen LogP contribution in [0, 0.1) is 0 Å². The third-order valence-electron chi connectivity index (χ3n) is 1.90.